The third kappa shape index (κ3) is 4.09. The summed E-state index contributed by atoms with van der Waals surface area (Å²) in [4.78, 5) is 22.5. The first-order valence-corrected chi connectivity index (χ1v) is 6.85. The summed E-state index contributed by atoms with van der Waals surface area (Å²) in [6.07, 6.45) is 6.05. The van der Waals surface area contributed by atoms with Crippen LogP contribution in [0.3, 0.4) is 0 Å². The van der Waals surface area contributed by atoms with E-state index in [9.17, 15) is 4.79 Å². The highest BCUT2D eigenvalue weighted by Gasteiger charge is 2.16. The van der Waals surface area contributed by atoms with Gasteiger partial charge in [-0.2, -0.15) is 0 Å². The predicted octanol–water partition coefficient (Wildman–Crippen LogP) is 2.97. The Labute approximate surface area is 109 Å². The average Bonchev–Trinajstić information content (AvgIpc) is 2.40. The largest absolute Gasteiger partial charge is 0.281 e. The van der Waals surface area contributed by atoms with Crippen LogP contribution in [0.4, 0.5) is 5.95 Å². The Balaban J connectivity index is 2.89. The number of aromatic nitrogens is 2. The van der Waals surface area contributed by atoms with Gasteiger partial charge in [0.25, 0.3) is 0 Å². The Morgan fingerprint density at radius 2 is 2.06 bits per heavy atom. The fraction of sp³-hybridized carbons (Fsp3) is 0.643. The first-order chi connectivity index (χ1) is 8.72. The van der Waals surface area contributed by atoms with Gasteiger partial charge in [-0.15, -0.1) is 0 Å². The number of anilines is 1. The van der Waals surface area contributed by atoms with E-state index in [1.165, 1.54) is 0 Å². The van der Waals surface area contributed by atoms with E-state index >= 15 is 0 Å². The zero-order valence-electron chi connectivity index (χ0n) is 11.6. The molecule has 1 rings (SSSR count). The Kier molecular flexibility index (Phi) is 6.33. The van der Waals surface area contributed by atoms with Gasteiger partial charge < -0.3 is 0 Å². The molecular weight excluding hydrogens is 226 g/mol. The number of amides is 1. The molecule has 0 bridgehead atoms. The molecule has 0 unspecified atom stereocenters. The van der Waals surface area contributed by atoms with E-state index in [2.05, 4.69) is 23.8 Å². The highest BCUT2D eigenvalue weighted by Crippen LogP contribution is 2.12. The van der Waals surface area contributed by atoms with Crippen LogP contribution in [0.2, 0.25) is 0 Å². The fourth-order valence-corrected chi connectivity index (χ4v) is 1.71. The molecule has 0 fully saturated rings. The van der Waals surface area contributed by atoms with Gasteiger partial charge >= 0.3 is 0 Å². The molecule has 4 nitrogen and oxygen atoms in total. The number of hydrogen-bond donors (Lipinski definition) is 0. The lowest BCUT2D eigenvalue weighted by molar-refractivity contribution is -0.118. The highest BCUT2D eigenvalue weighted by molar-refractivity contribution is 5.91. The summed E-state index contributed by atoms with van der Waals surface area (Å²) in [6, 6.07) is 1.89. The monoisotopic (exact) mass is 249 g/mol. The zero-order valence-corrected chi connectivity index (χ0v) is 11.6. The first-order valence-electron chi connectivity index (χ1n) is 6.85. The van der Waals surface area contributed by atoms with Crippen molar-refractivity contribution in [3.63, 3.8) is 0 Å². The van der Waals surface area contributed by atoms with E-state index in [0.717, 1.165) is 31.4 Å². The lowest BCUT2D eigenvalue weighted by Gasteiger charge is -2.20. The van der Waals surface area contributed by atoms with Gasteiger partial charge in [0.05, 0.1) is 0 Å². The smallest absolute Gasteiger partial charge is 0.232 e. The third-order valence-corrected chi connectivity index (χ3v) is 2.80. The van der Waals surface area contributed by atoms with Crippen molar-refractivity contribution in [3.05, 3.63) is 18.0 Å². The minimum absolute atomic E-state index is 0.124. The number of unbranched alkanes of at least 4 members (excludes halogenated alkanes) is 1. The van der Waals surface area contributed by atoms with Crippen LogP contribution in [-0.2, 0) is 11.2 Å². The van der Waals surface area contributed by atoms with Crippen LogP contribution < -0.4 is 4.90 Å². The molecule has 0 atom stereocenters. The Bertz CT molecular complexity index is 379. The molecular formula is C14H23N3O. The lowest BCUT2D eigenvalue weighted by Crippen LogP contribution is -2.33. The molecule has 0 aliphatic rings. The van der Waals surface area contributed by atoms with E-state index in [0.29, 0.717) is 18.9 Å². The third-order valence-electron chi connectivity index (χ3n) is 2.80. The molecule has 0 N–H and O–H groups in total. The highest BCUT2D eigenvalue weighted by atomic mass is 16.2. The average molecular weight is 249 g/mol. The molecule has 100 valence electrons. The molecule has 0 aromatic carbocycles. The summed E-state index contributed by atoms with van der Waals surface area (Å²) in [5.41, 5.74) is 0.978. The SMILES string of the molecule is CCCCN(C(=O)CCC)c1nccc(CC)n1. The van der Waals surface area contributed by atoms with E-state index in [-0.39, 0.29) is 5.91 Å². The predicted molar refractivity (Wildman–Crippen MR) is 73.6 cm³/mol. The maximum Gasteiger partial charge on any atom is 0.232 e. The molecule has 18 heavy (non-hydrogen) atoms. The van der Waals surface area contributed by atoms with Gasteiger partial charge in [0.2, 0.25) is 11.9 Å². The number of hydrogen-bond acceptors (Lipinski definition) is 3. The quantitative estimate of drug-likeness (QED) is 0.746. The molecule has 0 spiro atoms. The fourth-order valence-electron chi connectivity index (χ4n) is 1.71. The van der Waals surface area contributed by atoms with Crippen LogP contribution in [0, 0.1) is 0 Å². The second-order valence-electron chi connectivity index (χ2n) is 4.35. The van der Waals surface area contributed by atoms with Crippen LogP contribution in [0.15, 0.2) is 12.3 Å². The number of aryl methyl sites for hydroxylation is 1. The zero-order chi connectivity index (χ0) is 13.4. The Morgan fingerprint density at radius 1 is 1.28 bits per heavy atom. The number of rotatable bonds is 7. The van der Waals surface area contributed by atoms with E-state index in [4.69, 9.17) is 0 Å². The van der Waals surface area contributed by atoms with Crippen LogP contribution in [0.25, 0.3) is 0 Å². The summed E-state index contributed by atoms with van der Waals surface area (Å²) in [5, 5.41) is 0. The van der Waals surface area contributed by atoms with Crippen molar-refractivity contribution < 1.29 is 4.79 Å². The lowest BCUT2D eigenvalue weighted by atomic mass is 10.2. The van der Waals surface area contributed by atoms with Crippen molar-refractivity contribution in [2.24, 2.45) is 0 Å². The van der Waals surface area contributed by atoms with Gasteiger partial charge in [0.15, 0.2) is 0 Å². The van der Waals surface area contributed by atoms with E-state index < -0.39 is 0 Å². The van der Waals surface area contributed by atoms with Crippen LogP contribution >= 0.6 is 0 Å². The Hall–Kier alpha value is -1.45. The molecule has 1 amide bonds. The number of nitrogens with zero attached hydrogens (tertiary/aromatic N) is 3. The molecule has 0 saturated carbocycles. The normalized spacial score (nSPS) is 10.4. The molecule has 0 saturated heterocycles. The molecule has 1 aromatic rings. The van der Waals surface area contributed by atoms with Gasteiger partial charge in [-0.3, -0.25) is 9.69 Å². The standard InChI is InChI=1S/C14H23N3O/c1-4-7-11-17(13(18)8-5-2)14-15-10-9-12(6-3)16-14/h9-10H,4-8,11H2,1-3H3. The number of carbonyl (C=O) groups excluding carboxylic acids is 1. The van der Waals surface area contributed by atoms with Crippen molar-refractivity contribution in [2.45, 2.75) is 52.9 Å². The summed E-state index contributed by atoms with van der Waals surface area (Å²) < 4.78 is 0. The second-order valence-corrected chi connectivity index (χ2v) is 4.35. The van der Waals surface area contributed by atoms with E-state index in [1.54, 1.807) is 11.1 Å². The van der Waals surface area contributed by atoms with Gasteiger partial charge in [-0.1, -0.05) is 27.2 Å². The van der Waals surface area contributed by atoms with Gasteiger partial charge in [-0.25, -0.2) is 9.97 Å². The maximum atomic E-state index is 12.1. The van der Waals surface area contributed by atoms with Crippen LogP contribution in [0.5, 0.6) is 0 Å². The Morgan fingerprint density at radius 3 is 2.67 bits per heavy atom. The molecule has 0 aliphatic heterocycles. The summed E-state index contributed by atoms with van der Waals surface area (Å²) in [6.45, 7) is 6.89. The van der Waals surface area contributed by atoms with Crippen molar-refractivity contribution in [1.82, 2.24) is 9.97 Å². The topological polar surface area (TPSA) is 46.1 Å². The van der Waals surface area contributed by atoms with Crippen molar-refractivity contribution >= 4 is 11.9 Å². The maximum absolute atomic E-state index is 12.1. The van der Waals surface area contributed by atoms with Gasteiger partial charge in [0.1, 0.15) is 0 Å². The van der Waals surface area contributed by atoms with E-state index in [1.807, 2.05) is 13.0 Å². The van der Waals surface area contributed by atoms with Gasteiger partial charge in [-0.05, 0) is 25.3 Å². The van der Waals surface area contributed by atoms with Crippen molar-refractivity contribution in [3.8, 4) is 0 Å². The van der Waals surface area contributed by atoms with Crippen molar-refractivity contribution in [1.29, 1.82) is 0 Å². The molecule has 4 heteroatoms. The molecule has 1 heterocycles. The molecule has 0 radical (unpaired) electrons. The van der Waals surface area contributed by atoms with Crippen LogP contribution in [0.1, 0.15) is 52.1 Å². The second kappa shape index (κ2) is 7.80. The van der Waals surface area contributed by atoms with Crippen LogP contribution in [-0.4, -0.2) is 22.4 Å². The minimum atomic E-state index is 0.124. The number of carbonyl (C=O) groups is 1. The molecule has 1 aromatic heterocycles. The van der Waals surface area contributed by atoms with Crippen molar-refractivity contribution in [2.75, 3.05) is 11.4 Å². The summed E-state index contributed by atoms with van der Waals surface area (Å²) in [7, 11) is 0. The molecule has 0 aliphatic carbocycles. The van der Waals surface area contributed by atoms with Gasteiger partial charge in [0, 0.05) is 24.9 Å². The minimum Gasteiger partial charge on any atom is -0.281 e. The first kappa shape index (κ1) is 14.6. The summed E-state index contributed by atoms with van der Waals surface area (Å²) >= 11 is 0. The summed E-state index contributed by atoms with van der Waals surface area (Å²) in [5.74, 6) is 0.681.